The summed E-state index contributed by atoms with van der Waals surface area (Å²) in [7, 11) is 0. The maximum Gasteiger partial charge on any atom is 0.302 e. The van der Waals surface area contributed by atoms with Crippen molar-refractivity contribution in [3.63, 3.8) is 0 Å². The summed E-state index contributed by atoms with van der Waals surface area (Å²) in [6, 6.07) is 10.0. The van der Waals surface area contributed by atoms with Crippen LogP contribution in [0.1, 0.15) is 77.7 Å². The maximum absolute atomic E-state index is 11.8. The van der Waals surface area contributed by atoms with Crippen molar-refractivity contribution in [1.29, 1.82) is 0 Å². The minimum absolute atomic E-state index is 0.0436. The van der Waals surface area contributed by atoms with Crippen LogP contribution in [0.5, 0.6) is 0 Å². The van der Waals surface area contributed by atoms with Gasteiger partial charge in [0, 0.05) is 24.3 Å². The fourth-order valence-corrected chi connectivity index (χ4v) is 7.88. The Hall–Kier alpha value is -2.05. The molecular formula is C29H36O3. The molecule has 3 nitrogen and oxygen atoms in total. The number of ether oxygens (including phenoxy) is 1. The van der Waals surface area contributed by atoms with E-state index in [2.05, 4.69) is 31.8 Å². The molecule has 0 heterocycles. The second-order valence-electron chi connectivity index (χ2n) is 11.2. The second-order valence-corrected chi connectivity index (χ2v) is 11.2. The number of benzene rings is 1. The van der Waals surface area contributed by atoms with Gasteiger partial charge < -0.3 is 9.84 Å². The molecule has 0 bridgehead atoms. The molecular weight excluding hydrogens is 396 g/mol. The minimum Gasteiger partial charge on any atom is -0.462 e. The molecule has 0 aromatic heterocycles. The van der Waals surface area contributed by atoms with Gasteiger partial charge in [0.05, 0.1) is 0 Å². The summed E-state index contributed by atoms with van der Waals surface area (Å²) in [6.45, 7) is 6.28. The van der Waals surface area contributed by atoms with E-state index in [1.165, 1.54) is 12.5 Å². The monoisotopic (exact) mass is 432 g/mol. The highest BCUT2D eigenvalue weighted by Gasteiger charge is 2.63. The Morgan fingerprint density at radius 1 is 1.06 bits per heavy atom. The van der Waals surface area contributed by atoms with Crippen LogP contribution < -0.4 is 0 Å². The third-order valence-electron chi connectivity index (χ3n) is 9.73. The van der Waals surface area contributed by atoms with Crippen LogP contribution in [0.4, 0.5) is 0 Å². The molecule has 0 spiro atoms. The van der Waals surface area contributed by atoms with Crippen LogP contribution >= 0.6 is 0 Å². The van der Waals surface area contributed by atoms with Gasteiger partial charge in [0.1, 0.15) is 11.7 Å². The SMILES string of the molecule is CC(=O)O[C@H]1CC[C@@]2(C)C(=CC[C@H]3[C@H]4CC[C@@](O)(C#Cc5ccccc5)[C@@]4(C)CC[C@@H]32)C1. The second kappa shape index (κ2) is 7.77. The molecule has 0 aliphatic heterocycles. The molecule has 0 radical (unpaired) electrons. The van der Waals surface area contributed by atoms with E-state index in [0.717, 1.165) is 56.9 Å². The van der Waals surface area contributed by atoms with Crippen LogP contribution in [0.15, 0.2) is 42.0 Å². The Morgan fingerprint density at radius 3 is 2.56 bits per heavy atom. The summed E-state index contributed by atoms with van der Waals surface area (Å²) in [4.78, 5) is 11.5. The van der Waals surface area contributed by atoms with Gasteiger partial charge in [-0.05, 0) is 80.2 Å². The highest BCUT2D eigenvalue weighted by atomic mass is 16.5. The van der Waals surface area contributed by atoms with Gasteiger partial charge in [-0.3, -0.25) is 4.79 Å². The molecule has 32 heavy (non-hydrogen) atoms. The summed E-state index contributed by atoms with van der Waals surface area (Å²) >= 11 is 0. The van der Waals surface area contributed by atoms with Crippen molar-refractivity contribution >= 4 is 5.97 Å². The molecule has 0 amide bonds. The Labute approximate surface area is 192 Å². The first-order valence-electron chi connectivity index (χ1n) is 12.4. The fourth-order valence-electron chi connectivity index (χ4n) is 7.88. The lowest BCUT2D eigenvalue weighted by Crippen LogP contribution is -2.54. The first kappa shape index (κ1) is 21.8. The van der Waals surface area contributed by atoms with Gasteiger partial charge in [-0.2, -0.15) is 0 Å². The predicted molar refractivity (Wildman–Crippen MR) is 126 cm³/mol. The van der Waals surface area contributed by atoms with Gasteiger partial charge in [-0.25, -0.2) is 0 Å². The van der Waals surface area contributed by atoms with Crippen LogP contribution in [-0.2, 0) is 9.53 Å². The van der Waals surface area contributed by atoms with Crippen molar-refractivity contribution in [3.05, 3.63) is 47.5 Å². The van der Waals surface area contributed by atoms with Crippen LogP contribution in [-0.4, -0.2) is 22.8 Å². The molecule has 1 N–H and O–H groups in total. The largest absolute Gasteiger partial charge is 0.462 e. The van der Waals surface area contributed by atoms with Crippen molar-refractivity contribution in [1.82, 2.24) is 0 Å². The van der Waals surface area contributed by atoms with E-state index < -0.39 is 5.60 Å². The summed E-state index contributed by atoms with van der Waals surface area (Å²) in [6.07, 6.45) is 10.6. The zero-order valence-electron chi connectivity index (χ0n) is 19.7. The van der Waals surface area contributed by atoms with Crippen LogP contribution in [0.2, 0.25) is 0 Å². The molecule has 1 aromatic carbocycles. The molecule has 0 unspecified atom stereocenters. The van der Waals surface area contributed by atoms with E-state index in [1.54, 1.807) is 0 Å². The number of carbonyl (C=O) groups is 1. The number of rotatable bonds is 1. The van der Waals surface area contributed by atoms with E-state index >= 15 is 0 Å². The highest BCUT2D eigenvalue weighted by molar-refractivity contribution is 5.66. The summed E-state index contributed by atoms with van der Waals surface area (Å²) < 4.78 is 5.57. The smallest absolute Gasteiger partial charge is 0.302 e. The number of allylic oxidation sites excluding steroid dienone is 1. The predicted octanol–water partition coefficient (Wildman–Crippen LogP) is 5.66. The minimum atomic E-state index is -0.906. The van der Waals surface area contributed by atoms with E-state index in [-0.39, 0.29) is 22.9 Å². The van der Waals surface area contributed by atoms with E-state index in [4.69, 9.17) is 4.74 Å². The first-order chi connectivity index (χ1) is 15.3. The number of hydrogen-bond donors (Lipinski definition) is 1. The quantitative estimate of drug-likeness (QED) is 0.354. The van der Waals surface area contributed by atoms with Gasteiger partial charge in [-0.1, -0.05) is 55.5 Å². The number of aliphatic hydroxyl groups is 1. The zero-order chi connectivity index (χ0) is 22.6. The van der Waals surface area contributed by atoms with Crippen molar-refractivity contribution < 1.29 is 14.6 Å². The third kappa shape index (κ3) is 3.34. The standard InChI is InChI=1S/C29H36O3/c1-20(30)32-23-12-15-27(2)22(19-23)9-10-24-25(27)13-16-28(3)26(24)14-18-29(28,31)17-11-21-7-5-4-6-8-21/h4-9,23-26,31H,10,12-16,18-19H2,1-3H3/t23-,24+,25-,26+,27-,28-,29-/m0/s1. The van der Waals surface area contributed by atoms with Crippen molar-refractivity contribution in [2.45, 2.75) is 83.8 Å². The fraction of sp³-hybridized carbons (Fsp3) is 0.621. The van der Waals surface area contributed by atoms with Crippen LogP contribution in [0.3, 0.4) is 0 Å². The normalized spacial score (nSPS) is 42.4. The maximum atomic E-state index is 11.8. The molecule has 170 valence electrons. The summed E-state index contributed by atoms with van der Waals surface area (Å²) in [5.41, 5.74) is 1.64. The number of fused-ring (bicyclic) bond motifs is 5. The van der Waals surface area contributed by atoms with E-state index in [0.29, 0.717) is 17.8 Å². The van der Waals surface area contributed by atoms with E-state index in [1.807, 2.05) is 30.3 Å². The third-order valence-corrected chi connectivity index (χ3v) is 9.73. The Bertz CT molecular complexity index is 985. The van der Waals surface area contributed by atoms with Gasteiger partial charge in [0.15, 0.2) is 0 Å². The Morgan fingerprint density at radius 2 is 1.81 bits per heavy atom. The number of carbonyl (C=O) groups excluding carboxylic acids is 1. The Balaban J connectivity index is 1.40. The Kier molecular flexibility index (Phi) is 5.29. The summed E-state index contributed by atoms with van der Waals surface area (Å²) in [5.74, 6) is 8.23. The van der Waals surface area contributed by atoms with Gasteiger partial charge in [0.2, 0.25) is 0 Å². The van der Waals surface area contributed by atoms with E-state index in [9.17, 15) is 9.90 Å². The molecule has 3 heteroatoms. The molecule has 4 aliphatic rings. The lowest BCUT2D eigenvalue weighted by atomic mass is 9.47. The molecule has 5 rings (SSSR count). The molecule has 0 saturated heterocycles. The van der Waals surface area contributed by atoms with Gasteiger partial charge >= 0.3 is 5.97 Å². The summed E-state index contributed by atoms with van der Waals surface area (Å²) in [5, 5.41) is 11.8. The average molecular weight is 433 g/mol. The zero-order valence-corrected chi connectivity index (χ0v) is 19.7. The molecule has 3 fully saturated rings. The van der Waals surface area contributed by atoms with Gasteiger partial charge in [-0.15, -0.1) is 0 Å². The number of hydrogen-bond acceptors (Lipinski definition) is 3. The van der Waals surface area contributed by atoms with Crippen molar-refractivity contribution in [2.24, 2.45) is 28.6 Å². The molecule has 3 saturated carbocycles. The lowest BCUT2D eigenvalue weighted by molar-refractivity contribution is -0.149. The first-order valence-corrected chi connectivity index (χ1v) is 12.4. The van der Waals surface area contributed by atoms with Crippen molar-refractivity contribution in [3.8, 4) is 11.8 Å². The van der Waals surface area contributed by atoms with Gasteiger partial charge in [0.25, 0.3) is 0 Å². The highest BCUT2D eigenvalue weighted by Crippen LogP contribution is 2.67. The number of esters is 1. The molecule has 7 atom stereocenters. The molecule has 1 aromatic rings. The van der Waals surface area contributed by atoms with Crippen LogP contribution in [0.25, 0.3) is 0 Å². The average Bonchev–Trinajstić information content (AvgIpc) is 3.04. The molecule has 4 aliphatic carbocycles. The topological polar surface area (TPSA) is 46.5 Å². The van der Waals surface area contributed by atoms with Crippen LogP contribution in [0, 0.1) is 40.4 Å². The van der Waals surface area contributed by atoms with Crippen molar-refractivity contribution in [2.75, 3.05) is 0 Å². The lowest BCUT2D eigenvalue weighted by Gasteiger charge is -2.58.